The third kappa shape index (κ3) is 8.90. The Labute approximate surface area is 407 Å². The Hall–Kier alpha value is -6.11. The number of fused-ring (bicyclic) bond motifs is 2. The van der Waals surface area contributed by atoms with Gasteiger partial charge in [-0.2, -0.15) is 4.98 Å². The maximum Gasteiger partial charge on any atom is 0.270 e. The number of nitrogens with two attached hydrogens (primary N) is 1. The van der Waals surface area contributed by atoms with Crippen LogP contribution in [-0.4, -0.2) is 166 Å². The van der Waals surface area contributed by atoms with Gasteiger partial charge in [0.1, 0.15) is 22.7 Å². The molecule has 1 atom stereocenters. The third-order valence-electron chi connectivity index (χ3n) is 15.3. The first-order valence-corrected chi connectivity index (χ1v) is 25.8. The van der Waals surface area contributed by atoms with Gasteiger partial charge in [-0.25, -0.2) is 15.0 Å². The van der Waals surface area contributed by atoms with Gasteiger partial charge >= 0.3 is 0 Å². The highest BCUT2D eigenvalue weighted by molar-refractivity contribution is 7.84. The molecule has 2 amide bonds. The summed E-state index contributed by atoms with van der Waals surface area (Å²) in [5, 5.41) is 5.44. The summed E-state index contributed by atoms with van der Waals surface area (Å²) < 4.78 is 16.0. The fourth-order valence-corrected chi connectivity index (χ4v) is 11.4. The van der Waals surface area contributed by atoms with E-state index in [9.17, 15) is 13.8 Å². The lowest BCUT2D eigenvalue weighted by molar-refractivity contribution is -0.0871. The average Bonchev–Trinajstić information content (AvgIpc) is 3.83. The number of benzene rings is 2. The molecule has 2 aromatic carbocycles. The van der Waals surface area contributed by atoms with Crippen molar-refractivity contribution in [1.29, 1.82) is 0 Å². The molecule has 6 aromatic rings. The van der Waals surface area contributed by atoms with Gasteiger partial charge in [-0.1, -0.05) is 0 Å². The van der Waals surface area contributed by atoms with Crippen LogP contribution in [0.4, 0.5) is 28.7 Å². The molecule has 4 aromatic heterocycles. The highest BCUT2D eigenvalue weighted by atomic mass is 32.2. The van der Waals surface area contributed by atoms with Gasteiger partial charge in [0.05, 0.1) is 10.8 Å². The number of rotatable bonds is 9. The van der Waals surface area contributed by atoms with Crippen molar-refractivity contribution in [2.75, 3.05) is 122 Å². The van der Waals surface area contributed by atoms with Gasteiger partial charge in [0.2, 0.25) is 11.1 Å². The number of carbonyl (C=O) groups excluding carboxylic acids is 2. The lowest BCUT2D eigenvalue weighted by Crippen LogP contribution is -2.60. The zero-order valence-electron chi connectivity index (χ0n) is 41.1. The van der Waals surface area contributed by atoms with Crippen molar-refractivity contribution in [2.45, 2.75) is 54.8 Å². The molecule has 8 fully saturated rings. The van der Waals surface area contributed by atoms with Crippen molar-refractivity contribution in [3.05, 3.63) is 84.4 Å². The number of carbonyl (C=O) groups is 2. The van der Waals surface area contributed by atoms with Crippen LogP contribution in [0.25, 0.3) is 22.1 Å². The van der Waals surface area contributed by atoms with Crippen molar-refractivity contribution in [3.63, 3.8) is 0 Å². The summed E-state index contributed by atoms with van der Waals surface area (Å²) in [6, 6.07) is 20.4. The second-order valence-electron chi connectivity index (χ2n) is 20.7. The number of likely N-dealkylation sites (N-methyl/N-ethyl adjacent to an activating group) is 2. The summed E-state index contributed by atoms with van der Waals surface area (Å²) in [5.41, 5.74) is 13.0. The maximum absolute atomic E-state index is 12.9. The van der Waals surface area contributed by atoms with E-state index in [1.54, 1.807) is 50.4 Å². The minimum atomic E-state index is -1.23. The number of aromatic nitrogens is 6. The summed E-state index contributed by atoms with van der Waals surface area (Å²) in [6.07, 6.45) is 11.8. The van der Waals surface area contributed by atoms with Crippen LogP contribution in [0.5, 0.6) is 0 Å². The maximum atomic E-state index is 12.9. The molecule has 6 heterocycles. The zero-order chi connectivity index (χ0) is 48.4. The van der Waals surface area contributed by atoms with Crippen molar-refractivity contribution in [3.8, 4) is 0 Å². The van der Waals surface area contributed by atoms with Gasteiger partial charge in [-0.05, 0) is 125 Å². The van der Waals surface area contributed by atoms with Crippen molar-refractivity contribution < 1.29 is 13.8 Å². The van der Waals surface area contributed by atoms with Crippen LogP contribution in [0.2, 0.25) is 0 Å². The molecule has 18 heteroatoms. The van der Waals surface area contributed by atoms with Crippen LogP contribution in [0.3, 0.4) is 0 Å². The van der Waals surface area contributed by atoms with Gasteiger partial charge in [0, 0.05) is 144 Å². The molecule has 364 valence electrons. The highest BCUT2D eigenvalue weighted by Gasteiger charge is 2.60. The quantitative estimate of drug-likeness (QED) is 0.137. The first kappa shape index (κ1) is 46.6. The molecule has 8 aliphatic rings. The van der Waals surface area contributed by atoms with Gasteiger partial charge in [0.25, 0.3) is 11.8 Å². The molecule has 0 radical (unpaired) electrons. The Morgan fingerprint density at radius 1 is 0.638 bits per heavy atom. The molecular formula is C51H66N14O3S. The molecule has 6 saturated carbocycles. The van der Waals surface area contributed by atoms with Gasteiger partial charge in [-0.3, -0.25) is 13.8 Å². The summed E-state index contributed by atoms with van der Waals surface area (Å²) in [7, 11) is 10.2. The van der Waals surface area contributed by atoms with Gasteiger partial charge in [-0.15, -0.1) is 0 Å². The third-order valence-corrected chi connectivity index (χ3v) is 16.0. The minimum Gasteiger partial charge on any atom is -0.399 e. The first-order chi connectivity index (χ1) is 33.1. The van der Waals surface area contributed by atoms with Crippen molar-refractivity contribution in [2.24, 2.45) is 11.8 Å². The number of anilines is 5. The molecular weight excluding hydrogens is 889 g/mol. The van der Waals surface area contributed by atoms with Crippen LogP contribution in [-0.2, 0) is 21.9 Å². The fourth-order valence-electron chi connectivity index (χ4n) is 11.0. The Morgan fingerprint density at radius 2 is 1.06 bits per heavy atom. The molecule has 2 saturated heterocycles. The highest BCUT2D eigenvalue weighted by Crippen LogP contribution is 2.64. The summed E-state index contributed by atoms with van der Waals surface area (Å²) in [5.74, 6) is 2.16. The molecule has 17 nitrogen and oxygen atoms in total. The Morgan fingerprint density at radius 3 is 1.46 bits per heavy atom. The van der Waals surface area contributed by atoms with E-state index < -0.39 is 10.8 Å². The average molecular weight is 955 g/mol. The molecule has 2 aliphatic heterocycles. The number of piperazine rings is 2. The van der Waals surface area contributed by atoms with E-state index in [2.05, 4.69) is 99.5 Å². The summed E-state index contributed by atoms with van der Waals surface area (Å²) in [4.78, 5) is 56.3. The molecule has 6 aliphatic carbocycles. The molecule has 14 rings (SSSR count). The minimum absolute atomic E-state index is 0.0201. The SMILES string of the molecule is CN(C)C(=O)c1cc2cnc(S(C)=O)nc2n1C12CC(C1)C2.CN1CCN(c2ccc(N)cc2)CC1.CN1CCN(c2ccc(Nc3ncc4cc(C(=O)N(C)C)n(C56CC(C5)C6)c4n3)cc2)CC1. The van der Waals surface area contributed by atoms with Crippen molar-refractivity contribution in [1.82, 2.24) is 48.7 Å². The molecule has 4 bridgehead atoms. The summed E-state index contributed by atoms with van der Waals surface area (Å²) in [6.45, 7) is 8.80. The van der Waals surface area contributed by atoms with E-state index in [0.29, 0.717) is 16.8 Å². The zero-order valence-corrected chi connectivity index (χ0v) is 41.9. The molecule has 1 unspecified atom stereocenters. The monoisotopic (exact) mass is 955 g/mol. The first-order valence-electron chi connectivity index (χ1n) is 24.2. The number of nitrogen functional groups attached to an aromatic ring is 1. The second-order valence-corrected chi connectivity index (χ2v) is 22.0. The Balaban J connectivity index is 0.000000132. The van der Waals surface area contributed by atoms with Crippen LogP contribution < -0.4 is 20.9 Å². The largest absolute Gasteiger partial charge is 0.399 e. The van der Waals surface area contributed by atoms with Gasteiger partial charge < -0.3 is 49.6 Å². The van der Waals surface area contributed by atoms with E-state index in [1.807, 2.05) is 30.5 Å². The van der Waals surface area contributed by atoms with Crippen LogP contribution in [0.1, 0.15) is 59.5 Å². The predicted octanol–water partition coefficient (Wildman–Crippen LogP) is 5.54. The van der Waals surface area contributed by atoms with E-state index >= 15 is 0 Å². The lowest BCUT2D eigenvalue weighted by Gasteiger charge is -2.62. The number of hydrogen-bond acceptors (Lipinski definition) is 13. The molecule has 69 heavy (non-hydrogen) atoms. The number of hydrogen-bond donors (Lipinski definition) is 2. The molecule has 0 spiro atoms. The van der Waals surface area contributed by atoms with Gasteiger partial charge in [0.15, 0.2) is 0 Å². The van der Waals surface area contributed by atoms with E-state index in [1.165, 1.54) is 11.4 Å². The second kappa shape index (κ2) is 18.3. The smallest absolute Gasteiger partial charge is 0.270 e. The van der Waals surface area contributed by atoms with Crippen LogP contribution in [0, 0.1) is 11.8 Å². The van der Waals surface area contributed by atoms with Crippen LogP contribution in [0.15, 0.2) is 78.2 Å². The lowest BCUT2D eigenvalue weighted by atomic mass is 9.49. The Kier molecular flexibility index (Phi) is 12.4. The number of nitrogens with one attached hydrogen (secondary N) is 1. The summed E-state index contributed by atoms with van der Waals surface area (Å²) >= 11 is 0. The fraction of sp³-hybridized carbons (Fsp3) is 0.490. The molecule has 3 N–H and O–H groups in total. The van der Waals surface area contributed by atoms with E-state index in [4.69, 9.17) is 10.7 Å². The number of nitrogens with zero attached hydrogens (tertiary/aromatic N) is 12. The van der Waals surface area contributed by atoms with E-state index in [-0.39, 0.29) is 22.9 Å². The Bertz CT molecular complexity index is 2860. The van der Waals surface area contributed by atoms with Crippen molar-refractivity contribution >= 4 is 73.4 Å². The normalized spacial score (nSPS) is 24.0. The van der Waals surface area contributed by atoms with Crippen LogP contribution >= 0.6 is 0 Å². The topological polar surface area (TPSA) is 170 Å². The predicted molar refractivity (Wildman–Crippen MR) is 274 cm³/mol. The standard InChI is InChI=1S/C25H31N7O.C15H18N4O2S.C11H17N3/c1-29(2)23(33)21-12-18-16-26-24(28-22(18)32(21)25-13-17(14-25)15-25)27-19-4-6-20(7-5-19)31-10-8-30(3)9-11-31;1-18(2)13(20)11-4-10-8-16-14(22(3)21)17-12(10)19(11)15-5-9(6-15)7-15;1-13-6-8-14(9-7-13)11-4-2-10(12)3-5-11/h4-7,12,16-17H,8-11,13-15H2,1-3H3,(H,26,27,28);4,8-9H,5-7H2,1-3H3;2-5H,6-9,12H2,1H3. The van der Waals surface area contributed by atoms with E-state index in [0.717, 1.165) is 142 Å². The number of amides is 2.